The predicted octanol–water partition coefficient (Wildman–Crippen LogP) is 7.81. The van der Waals surface area contributed by atoms with Crippen molar-refractivity contribution in [1.29, 1.82) is 0 Å². The SMILES string of the molecule is CC.Cc1ncc(Oc2cccc(C(F)(F)F)c2)c(C(=O)NC(CCl)Cc2ccc(SC(F)(F)F)cc2)n1. The summed E-state index contributed by atoms with van der Waals surface area (Å²) < 4.78 is 82.1. The molecule has 1 amide bonds. The number of amides is 1. The van der Waals surface area contributed by atoms with Crippen molar-refractivity contribution in [1.82, 2.24) is 15.3 Å². The van der Waals surface area contributed by atoms with Gasteiger partial charge < -0.3 is 10.1 Å². The molecule has 206 valence electrons. The minimum absolute atomic E-state index is 0.0190. The fraction of sp³-hybridized carbons (Fsp3) is 0.320. The van der Waals surface area contributed by atoms with E-state index in [0.717, 1.165) is 18.2 Å². The van der Waals surface area contributed by atoms with Crippen molar-refractivity contribution in [3.05, 3.63) is 77.4 Å². The number of rotatable bonds is 8. The number of nitrogens with one attached hydrogen (secondary N) is 1. The van der Waals surface area contributed by atoms with Gasteiger partial charge in [-0.1, -0.05) is 32.0 Å². The van der Waals surface area contributed by atoms with Crippen molar-refractivity contribution in [3.8, 4) is 11.5 Å². The van der Waals surface area contributed by atoms with E-state index in [0.29, 0.717) is 5.56 Å². The minimum atomic E-state index is -4.58. The van der Waals surface area contributed by atoms with E-state index in [1.807, 2.05) is 13.8 Å². The van der Waals surface area contributed by atoms with Crippen molar-refractivity contribution < 1.29 is 35.9 Å². The highest BCUT2D eigenvalue weighted by Gasteiger charge is 2.31. The van der Waals surface area contributed by atoms with Crippen LogP contribution in [0.2, 0.25) is 0 Å². The Kier molecular flexibility index (Phi) is 11.3. The average molecular weight is 580 g/mol. The van der Waals surface area contributed by atoms with Crippen LogP contribution < -0.4 is 10.1 Å². The Bertz CT molecular complexity index is 1210. The lowest BCUT2D eigenvalue weighted by Crippen LogP contribution is -2.38. The van der Waals surface area contributed by atoms with Gasteiger partial charge in [0.2, 0.25) is 0 Å². The summed E-state index contributed by atoms with van der Waals surface area (Å²) >= 11 is 5.75. The molecule has 0 aliphatic carbocycles. The maximum absolute atomic E-state index is 13.0. The Morgan fingerprint density at radius 3 is 2.32 bits per heavy atom. The summed E-state index contributed by atoms with van der Waals surface area (Å²) in [6.07, 6.45) is -3.20. The summed E-state index contributed by atoms with van der Waals surface area (Å²) in [4.78, 5) is 21.0. The Morgan fingerprint density at radius 2 is 1.74 bits per heavy atom. The monoisotopic (exact) mass is 579 g/mol. The highest BCUT2D eigenvalue weighted by molar-refractivity contribution is 8.00. The largest absolute Gasteiger partial charge is 0.453 e. The fourth-order valence-electron chi connectivity index (χ4n) is 3.07. The first-order chi connectivity index (χ1) is 17.8. The Balaban J connectivity index is 0.00000247. The molecule has 1 N–H and O–H groups in total. The zero-order chi connectivity index (χ0) is 28.5. The lowest BCUT2D eigenvalue weighted by molar-refractivity contribution is -0.137. The molecule has 0 aliphatic heterocycles. The second-order valence-corrected chi connectivity index (χ2v) is 8.93. The van der Waals surface area contributed by atoms with Crippen molar-refractivity contribution in [2.24, 2.45) is 0 Å². The van der Waals surface area contributed by atoms with Crippen molar-refractivity contribution >= 4 is 29.3 Å². The molecule has 38 heavy (non-hydrogen) atoms. The number of hydrogen-bond acceptors (Lipinski definition) is 5. The van der Waals surface area contributed by atoms with Gasteiger partial charge in [0.05, 0.1) is 11.8 Å². The first kappa shape index (κ1) is 31.2. The first-order valence-electron chi connectivity index (χ1n) is 11.2. The van der Waals surface area contributed by atoms with Gasteiger partial charge in [0.15, 0.2) is 11.4 Å². The number of thioether (sulfide) groups is 1. The quantitative estimate of drug-likeness (QED) is 0.167. The average Bonchev–Trinajstić information content (AvgIpc) is 2.85. The summed E-state index contributed by atoms with van der Waals surface area (Å²) in [5, 5.41) is 2.67. The molecule has 5 nitrogen and oxygen atoms in total. The second-order valence-electron chi connectivity index (χ2n) is 7.48. The molecule has 0 bridgehead atoms. The normalized spacial score (nSPS) is 12.3. The van der Waals surface area contributed by atoms with Crippen LogP contribution in [-0.4, -0.2) is 33.3 Å². The number of halogens is 7. The Hall–Kier alpha value is -2.99. The number of aryl methyl sites for hydroxylation is 1. The van der Waals surface area contributed by atoms with Crippen LogP contribution in [0.5, 0.6) is 11.5 Å². The van der Waals surface area contributed by atoms with Gasteiger partial charge in [-0.2, -0.15) is 26.3 Å². The van der Waals surface area contributed by atoms with E-state index < -0.39 is 29.2 Å². The molecule has 0 saturated heterocycles. The number of ether oxygens (including phenoxy) is 1. The molecule has 0 fully saturated rings. The molecule has 1 aromatic heterocycles. The smallest absolute Gasteiger partial charge is 0.446 e. The second kappa shape index (κ2) is 13.7. The third-order valence-corrected chi connectivity index (χ3v) is 5.75. The van der Waals surface area contributed by atoms with Gasteiger partial charge in [-0.05, 0) is 61.0 Å². The van der Waals surface area contributed by atoms with E-state index in [9.17, 15) is 31.1 Å². The number of nitrogens with zero attached hydrogens (tertiary/aromatic N) is 2. The minimum Gasteiger partial charge on any atom is -0.453 e. The van der Waals surface area contributed by atoms with E-state index in [1.54, 1.807) is 0 Å². The predicted molar refractivity (Wildman–Crippen MR) is 134 cm³/mol. The Labute approximate surface area is 225 Å². The molecular formula is C25H24ClF6N3O2S. The first-order valence-corrected chi connectivity index (χ1v) is 12.6. The van der Waals surface area contributed by atoms with Gasteiger partial charge in [-0.15, -0.1) is 11.6 Å². The topological polar surface area (TPSA) is 64.1 Å². The molecule has 3 aromatic rings. The molecule has 0 radical (unpaired) electrons. The molecule has 0 aliphatic rings. The summed E-state index contributed by atoms with van der Waals surface area (Å²) in [5.41, 5.74) is -4.92. The highest BCUT2D eigenvalue weighted by Crippen LogP contribution is 2.37. The summed E-state index contributed by atoms with van der Waals surface area (Å²) in [7, 11) is 0. The molecule has 1 atom stereocenters. The van der Waals surface area contributed by atoms with Gasteiger partial charge in [0, 0.05) is 16.8 Å². The molecule has 1 heterocycles. The van der Waals surface area contributed by atoms with Crippen molar-refractivity contribution in [3.63, 3.8) is 0 Å². The maximum Gasteiger partial charge on any atom is 0.446 e. The van der Waals surface area contributed by atoms with Gasteiger partial charge in [0.1, 0.15) is 11.6 Å². The highest BCUT2D eigenvalue weighted by atomic mass is 35.5. The molecule has 0 saturated carbocycles. The van der Waals surface area contributed by atoms with Crippen LogP contribution in [-0.2, 0) is 12.6 Å². The Morgan fingerprint density at radius 1 is 1.08 bits per heavy atom. The molecular weight excluding hydrogens is 556 g/mol. The standard InChI is InChI=1S/C23H18ClF6N3O2S.C2H6/c1-13-31-12-19(35-17-4-2-3-15(10-17)22(25,26)27)20(32-13)21(34)33-16(11-24)9-14-5-7-18(8-6-14)36-23(28,29)30;1-2/h2-8,10,12,16H,9,11H2,1H3,(H,33,34);1-2H3. The molecule has 0 spiro atoms. The van der Waals surface area contributed by atoms with E-state index in [-0.39, 0.29) is 52.0 Å². The molecule has 2 aromatic carbocycles. The van der Waals surface area contributed by atoms with Gasteiger partial charge in [-0.3, -0.25) is 4.79 Å². The molecule has 3 rings (SSSR count). The maximum atomic E-state index is 13.0. The third kappa shape index (κ3) is 9.71. The van der Waals surface area contributed by atoms with Crippen molar-refractivity contribution in [2.75, 3.05) is 5.88 Å². The number of benzene rings is 2. The number of carbonyl (C=O) groups is 1. The molecule has 1 unspecified atom stereocenters. The lowest BCUT2D eigenvalue weighted by Gasteiger charge is -2.18. The van der Waals surface area contributed by atoms with Crippen molar-refractivity contribution in [2.45, 2.75) is 49.8 Å². The van der Waals surface area contributed by atoms with Crippen LogP contribution in [0, 0.1) is 6.92 Å². The van der Waals surface area contributed by atoms with E-state index in [1.165, 1.54) is 43.5 Å². The zero-order valence-corrected chi connectivity index (χ0v) is 22.0. The number of carbonyl (C=O) groups excluding carboxylic acids is 1. The summed E-state index contributed by atoms with van der Waals surface area (Å²) in [6, 6.07) is 9.11. The van der Waals surface area contributed by atoms with E-state index >= 15 is 0 Å². The summed E-state index contributed by atoms with van der Waals surface area (Å²) in [6.45, 7) is 5.52. The number of alkyl halides is 7. The van der Waals surface area contributed by atoms with Crippen LogP contribution >= 0.6 is 23.4 Å². The number of aromatic nitrogens is 2. The van der Waals surface area contributed by atoms with Gasteiger partial charge >= 0.3 is 11.7 Å². The van der Waals surface area contributed by atoms with E-state index in [4.69, 9.17) is 16.3 Å². The fourth-order valence-corrected chi connectivity index (χ4v) is 3.79. The van der Waals surface area contributed by atoms with Gasteiger partial charge in [0.25, 0.3) is 5.91 Å². The van der Waals surface area contributed by atoms with Crippen LogP contribution in [0.25, 0.3) is 0 Å². The molecule has 13 heteroatoms. The van der Waals surface area contributed by atoms with Crippen LogP contribution in [0.4, 0.5) is 26.3 Å². The van der Waals surface area contributed by atoms with E-state index in [2.05, 4.69) is 15.3 Å². The summed E-state index contributed by atoms with van der Waals surface area (Å²) in [5.74, 6) is -0.857. The van der Waals surface area contributed by atoms with Crippen LogP contribution in [0.3, 0.4) is 0 Å². The lowest BCUT2D eigenvalue weighted by atomic mass is 10.1. The zero-order valence-electron chi connectivity index (χ0n) is 20.5. The third-order valence-electron chi connectivity index (χ3n) is 4.64. The number of hydrogen-bond donors (Lipinski definition) is 1. The van der Waals surface area contributed by atoms with Crippen LogP contribution in [0.15, 0.2) is 59.6 Å². The van der Waals surface area contributed by atoms with Crippen LogP contribution in [0.1, 0.15) is 41.3 Å². The van der Waals surface area contributed by atoms with Gasteiger partial charge in [-0.25, -0.2) is 9.97 Å².